The van der Waals surface area contributed by atoms with Crippen LogP contribution in [0.3, 0.4) is 0 Å². The Hall–Kier alpha value is -2.08. The van der Waals surface area contributed by atoms with Crippen molar-refractivity contribution in [3.63, 3.8) is 0 Å². The Morgan fingerprint density at radius 1 is 1.08 bits per heavy atom. The summed E-state index contributed by atoms with van der Waals surface area (Å²) in [5.74, 6) is 0.0800. The van der Waals surface area contributed by atoms with Crippen molar-refractivity contribution in [2.45, 2.75) is 37.8 Å². The molecule has 0 spiro atoms. The van der Waals surface area contributed by atoms with Gasteiger partial charge in [-0.2, -0.15) is 0 Å². The van der Waals surface area contributed by atoms with Gasteiger partial charge in [-0.05, 0) is 18.4 Å². The Labute approximate surface area is 143 Å². The first kappa shape index (κ1) is 16.8. The maximum absolute atomic E-state index is 13.0. The monoisotopic (exact) mass is 330 g/mol. The normalized spacial score (nSPS) is 19.8. The Kier molecular flexibility index (Phi) is 5.35. The topological polar surface area (TPSA) is 73.5 Å². The van der Waals surface area contributed by atoms with Crippen molar-refractivity contribution in [2.75, 3.05) is 26.2 Å². The van der Waals surface area contributed by atoms with Crippen molar-refractivity contribution in [3.8, 4) is 0 Å². The molecule has 1 heterocycles. The van der Waals surface area contributed by atoms with Crippen LogP contribution in [-0.2, 0) is 11.3 Å². The van der Waals surface area contributed by atoms with E-state index in [1.54, 1.807) is 0 Å². The molecule has 24 heavy (non-hydrogen) atoms. The average molecular weight is 330 g/mol. The Balaban J connectivity index is 1.60. The third-order valence-electron chi connectivity index (χ3n) is 4.92. The molecule has 3 amide bonds. The molecule has 2 fully saturated rings. The number of carbonyl (C=O) groups is 2. The summed E-state index contributed by atoms with van der Waals surface area (Å²) in [6.45, 7) is 3.54. The Morgan fingerprint density at radius 3 is 2.42 bits per heavy atom. The van der Waals surface area contributed by atoms with E-state index in [1.165, 1.54) is 0 Å². The van der Waals surface area contributed by atoms with E-state index in [-0.39, 0.29) is 11.9 Å². The summed E-state index contributed by atoms with van der Waals surface area (Å²) in [6, 6.07) is 9.52. The number of piperazine rings is 1. The number of urea groups is 1. The van der Waals surface area contributed by atoms with Crippen LogP contribution < -0.4 is 16.0 Å². The highest BCUT2D eigenvalue weighted by atomic mass is 16.2. The van der Waals surface area contributed by atoms with Gasteiger partial charge in [-0.1, -0.05) is 43.2 Å². The van der Waals surface area contributed by atoms with E-state index in [1.807, 2.05) is 35.2 Å². The molecular weight excluding hydrogens is 304 g/mol. The molecule has 0 bridgehead atoms. The first-order chi connectivity index (χ1) is 11.7. The van der Waals surface area contributed by atoms with Crippen LogP contribution in [0.4, 0.5) is 4.79 Å². The lowest BCUT2D eigenvalue weighted by molar-refractivity contribution is -0.138. The number of hydrogen-bond donors (Lipinski definition) is 3. The maximum Gasteiger partial charge on any atom is 0.315 e. The molecule has 1 aliphatic heterocycles. The van der Waals surface area contributed by atoms with Gasteiger partial charge in [-0.25, -0.2) is 4.79 Å². The first-order valence-corrected chi connectivity index (χ1v) is 8.80. The van der Waals surface area contributed by atoms with Crippen molar-refractivity contribution in [1.29, 1.82) is 0 Å². The molecule has 1 saturated heterocycles. The number of amides is 3. The minimum Gasteiger partial charge on any atom is -0.338 e. The lowest BCUT2D eigenvalue weighted by Gasteiger charge is -2.37. The van der Waals surface area contributed by atoms with E-state index in [2.05, 4.69) is 16.0 Å². The van der Waals surface area contributed by atoms with Crippen molar-refractivity contribution in [2.24, 2.45) is 0 Å². The van der Waals surface area contributed by atoms with Gasteiger partial charge >= 0.3 is 6.03 Å². The second-order valence-electron chi connectivity index (χ2n) is 6.62. The molecule has 1 aromatic rings. The van der Waals surface area contributed by atoms with Crippen LogP contribution in [0.25, 0.3) is 0 Å². The van der Waals surface area contributed by atoms with Gasteiger partial charge in [-0.15, -0.1) is 0 Å². The fourth-order valence-corrected chi connectivity index (χ4v) is 3.58. The summed E-state index contributed by atoms with van der Waals surface area (Å²) in [6.07, 6.45) is 3.43. The number of rotatable bonds is 4. The third kappa shape index (κ3) is 3.87. The van der Waals surface area contributed by atoms with E-state index in [9.17, 15) is 9.59 Å². The summed E-state index contributed by atoms with van der Waals surface area (Å²) in [5.41, 5.74) is 0.319. The van der Waals surface area contributed by atoms with Crippen LogP contribution in [0.5, 0.6) is 0 Å². The van der Waals surface area contributed by atoms with E-state index in [4.69, 9.17) is 0 Å². The molecule has 130 valence electrons. The first-order valence-electron chi connectivity index (χ1n) is 8.80. The maximum atomic E-state index is 13.0. The molecule has 1 aliphatic carbocycles. The lowest BCUT2D eigenvalue weighted by atomic mass is 9.95. The fourth-order valence-electron chi connectivity index (χ4n) is 3.58. The van der Waals surface area contributed by atoms with Gasteiger partial charge in [-0.3, -0.25) is 4.79 Å². The van der Waals surface area contributed by atoms with E-state index < -0.39 is 5.54 Å². The molecule has 6 nitrogen and oxygen atoms in total. The molecule has 0 atom stereocenters. The summed E-state index contributed by atoms with van der Waals surface area (Å²) in [7, 11) is 0. The van der Waals surface area contributed by atoms with Gasteiger partial charge in [0.25, 0.3) is 0 Å². The van der Waals surface area contributed by atoms with Crippen molar-refractivity contribution >= 4 is 11.9 Å². The van der Waals surface area contributed by atoms with Crippen LogP contribution in [0.2, 0.25) is 0 Å². The molecule has 1 aromatic carbocycles. The van der Waals surface area contributed by atoms with Crippen molar-refractivity contribution in [1.82, 2.24) is 20.9 Å². The molecule has 0 unspecified atom stereocenters. The SMILES string of the molecule is O=C(NCc1ccccc1)NC1(C(=O)N2CCNCC2)CCCC1. The second-order valence-corrected chi connectivity index (χ2v) is 6.62. The predicted molar refractivity (Wildman–Crippen MR) is 92.5 cm³/mol. The molecular formula is C18H26N4O2. The van der Waals surface area contributed by atoms with Crippen LogP contribution in [-0.4, -0.2) is 48.6 Å². The van der Waals surface area contributed by atoms with Gasteiger partial charge < -0.3 is 20.9 Å². The highest BCUT2D eigenvalue weighted by Crippen LogP contribution is 2.31. The molecule has 1 saturated carbocycles. The average Bonchev–Trinajstić information content (AvgIpc) is 3.10. The quantitative estimate of drug-likeness (QED) is 0.777. The third-order valence-corrected chi connectivity index (χ3v) is 4.92. The summed E-state index contributed by atoms with van der Waals surface area (Å²) < 4.78 is 0. The lowest BCUT2D eigenvalue weighted by Crippen LogP contribution is -2.62. The second kappa shape index (κ2) is 7.66. The summed E-state index contributed by atoms with van der Waals surface area (Å²) in [4.78, 5) is 27.2. The minimum atomic E-state index is -0.724. The number of benzene rings is 1. The Bertz CT molecular complexity index is 564. The largest absolute Gasteiger partial charge is 0.338 e. The summed E-state index contributed by atoms with van der Waals surface area (Å²) >= 11 is 0. The zero-order valence-electron chi connectivity index (χ0n) is 14.0. The van der Waals surface area contributed by atoms with Gasteiger partial charge in [0.1, 0.15) is 5.54 Å². The molecule has 3 rings (SSSR count). The molecule has 3 N–H and O–H groups in total. The number of hydrogen-bond acceptors (Lipinski definition) is 3. The minimum absolute atomic E-state index is 0.0800. The van der Waals surface area contributed by atoms with Crippen LogP contribution in [0.1, 0.15) is 31.2 Å². The van der Waals surface area contributed by atoms with Crippen molar-refractivity contribution < 1.29 is 9.59 Å². The number of nitrogens with zero attached hydrogens (tertiary/aromatic N) is 1. The van der Waals surface area contributed by atoms with E-state index >= 15 is 0 Å². The summed E-state index contributed by atoms with van der Waals surface area (Å²) in [5, 5.41) is 9.13. The standard InChI is InChI=1S/C18H26N4O2/c23-16(22-12-10-19-11-13-22)18(8-4-5-9-18)21-17(24)20-14-15-6-2-1-3-7-15/h1-3,6-7,19H,4-5,8-14H2,(H2,20,21,24). The van der Waals surface area contributed by atoms with Crippen molar-refractivity contribution in [3.05, 3.63) is 35.9 Å². The smallest absolute Gasteiger partial charge is 0.315 e. The van der Waals surface area contributed by atoms with Crippen LogP contribution >= 0.6 is 0 Å². The van der Waals surface area contributed by atoms with Gasteiger partial charge in [0.05, 0.1) is 0 Å². The number of carbonyl (C=O) groups excluding carboxylic acids is 2. The number of nitrogens with one attached hydrogen (secondary N) is 3. The zero-order chi connectivity index (χ0) is 16.8. The molecule has 0 aromatic heterocycles. The highest BCUT2D eigenvalue weighted by Gasteiger charge is 2.44. The van der Waals surface area contributed by atoms with Crippen LogP contribution in [0, 0.1) is 0 Å². The van der Waals surface area contributed by atoms with E-state index in [0.717, 1.165) is 44.3 Å². The molecule has 6 heteroatoms. The molecule has 2 aliphatic rings. The zero-order valence-corrected chi connectivity index (χ0v) is 14.0. The van der Waals surface area contributed by atoms with Crippen LogP contribution in [0.15, 0.2) is 30.3 Å². The van der Waals surface area contributed by atoms with E-state index in [0.29, 0.717) is 19.6 Å². The fraction of sp³-hybridized carbons (Fsp3) is 0.556. The highest BCUT2D eigenvalue weighted by molar-refractivity contribution is 5.91. The van der Waals surface area contributed by atoms with Gasteiger partial charge in [0.2, 0.25) is 5.91 Å². The predicted octanol–water partition coefficient (Wildman–Crippen LogP) is 1.23. The Morgan fingerprint density at radius 2 is 1.75 bits per heavy atom. The van der Waals surface area contributed by atoms with Gasteiger partial charge in [0, 0.05) is 32.7 Å². The molecule has 0 radical (unpaired) electrons. The van der Waals surface area contributed by atoms with Gasteiger partial charge in [0.15, 0.2) is 0 Å².